The average molecular weight is 553 g/mol. The number of carbonyl (C=O) groups is 3. The molecular formula is C31H28N4O4S. The van der Waals surface area contributed by atoms with Gasteiger partial charge < -0.3 is 20.7 Å². The zero-order valence-electron chi connectivity index (χ0n) is 22.0. The van der Waals surface area contributed by atoms with Crippen LogP contribution >= 0.6 is 11.8 Å². The number of nitrogens with zero attached hydrogens (tertiary/aromatic N) is 1. The van der Waals surface area contributed by atoms with Gasteiger partial charge in [0.05, 0.1) is 12.4 Å². The molecule has 8 nitrogen and oxygen atoms in total. The second-order valence-corrected chi connectivity index (χ2v) is 9.98. The molecule has 1 heterocycles. The smallest absolute Gasteiger partial charge is 0.272 e. The predicted octanol–water partition coefficient (Wildman–Crippen LogP) is 5.62. The number of aromatic nitrogens is 1. The van der Waals surface area contributed by atoms with Crippen molar-refractivity contribution in [2.45, 2.75) is 17.1 Å². The minimum Gasteiger partial charge on any atom is -0.496 e. The predicted molar refractivity (Wildman–Crippen MR) is 158 cm³/mol. The molecule has 0 fully saturated rings. The lowest BCUT2D eigenvalue weighted by Crippen LogP contribution is -2.30. The molecule has 0 saturated heterocycles. The van der Waals surface area contributed by atoms with Crippen LogP contribution in [0.2, 0.25) is 0 Å². The van der Waals surface area contributed by atoms with Crippen LogP contribution in [0.4, 0.5) is 11.5 Å². The highest BCUT2D eigenvalue weighted by molar-refractivity contribution is 8.00. The number of amides is 3. The Morgan fingerprint density at radius 2 is 1.62 bits per heavy atom. The Kier molecular flexibility index (Phi) is 9.68. The normalized spacial score (nSPS) is 11.7. The van der Waals surface area contributed by atoms with Crippen molar-refractivity contribution in [3.8, 4) is 5.75 Å². The quantitative estimate of drug-likeness (QED) is 0.174. The number of ether oxygens (including phenoxy) is 1. The molecule has 0 aliphatic rings. The molecule has 0 radical (unpaired) electrons. The highest BCUT2D eigenvalue weighted by Gasteiger charge is 2.18. The summed E-state index contributed by atoms with van der Waals surface area (Å²) in [6, 6.07) is 28.3. The first-order valence-electron chi connectivity index (χ1n) is 12.4. The standard InChI is InChI=1S/C31H28N4O4S/c1-21(29(36)35-28-17-8-9-18-32-28)40-25-15-10-14-24(20-25)33-31(38)26(19-23-13-6-7-16-27(23)39-2)34-30(37)22-11-4-3-5-12-22/h3-21H,1-2H3,(H,33,38)(H,34,37)(H,32,35,36)/b26-19+. The van der Waals surface area contributed by atoms with Crippen molar-refractivity contribution in [1.29, 1.82) is 0 Å². The van der Waals surface area contributed by atoms with Crippen molar-refractivity contribution in [3.05, 3.63) is 120 Å². The van der Waals surface area contributed by atoms with Gasteiger partial charge in [-0.2, -0.15) is 0 Å². The fourth-order valence-electron chi connectivity index (χ4n) is 3.65. The number of hydrogen-bond acceptors (Lipinski definition) is 6. The molecule has 3 aromatic carbocycles. The fourth-order valence-corrected chi connectivity index (χ4v) is 4.58. The molecular weight excluding hydrogens is 524 g/mol. The van der Waals surface area contributed by atoms with Crippen LogP contribution in [-0.4, -0.2) is 35.1 Å². The molecule has 1 atom stereocenters. The summed E-state index contributed by atoms with van der Waals surface area (Å²) in [5.74, 6) is -0.0954. The van der Waals surface area contributed by atoms with Crippen LogP contribution in [-0.2, 0) is 9.59 Å². The third-order valence-corrected chi connectivity index (χ3v) is 6.75. The van der Waals surface area contributed by atoms with Gasteiger partial charge in [-0.05, 0) is 61.5 Å². The van der Waals surface area contributed by atoms with Gasteiger partial charge in [0.2, 0.25) is 5.91 Å². The van der Waals surface area contributed by atoms with Crippen molar-refractivity contribution >= 4 is 47.1 Å². The van der Waals surface area contributed by atoms with Gasteiger partial charge in [-0.25, -0.2) is 4.98 Å². The fraction of sp³-hybridized carbons (Fsp3) is 0.0968. The molecule has 0 saturated carbocycles. The number of nitrogens with one attached hydrogen (secondary N) is 3. The molecule has 0 bridgehead atoms. The number of para-hydroxylation sites is 1. The minimum absolute atomic E-state index is 0.0412. The van der Waals surface area contributed by atoms with Crippen LogP contribution < -0.4 is 20.7 Å². The maximum Gasteiger partial charge on any atom is 0.272 e. The highest BCUT2D eigenvalue weighted by Crippen LogP contribution is 2.27. The van der Waals surface area contributed by atoms with Crippen LogP contribution in [0.1, 0.15) is 22.8 Å². The molecule has 0 spiro atoms. The second-order valence-electron chi connectivity index (χ2n) is 8.57. The molecule has 4 rings (SSSR count). The molecule has 1 aromatic heterocycles. The van der Waals surface area contributed by atoms with E-state index < -0.39 is 17.1 Å². The zero-order valence-corrected chi connectivity index (χ0v) is 22.8. The van der Waals surface area contributed by atoms with E-state index in [1.165, 1.54) is 18.9 Å². The highest BCUT2D eigenvalue weighted by atomic mass is 32.2. The lowest BCUT2D eigenvalue weighted by Gasteiger charge is -2.14. The Bertz CT molecular complexity index is 1510. The van der Waals surface area contributed by atoms with Crippen molar-refractivity contribution in [2.75, 3.05) is 17.7 Å². The first-order valence-corrected chi connectivity index (χ1v) is 13.3. The number of benzene rings is 3. The van der Waals surface area contributed by atoms with Crippen LogP contribution in [0, 0.1) is 0 Å². The monoisotopic (exact) mass is 552 g/mol. The molecule has 9 heteroatoms. The van der Waals surface area contributed by atoms with Gasteiger partial charge in [0, 0.05) is 27.9 Å². The average Bonchev–Trinajstić information content (AvgIpc) is 2.98. The van der Waals surface area contributed by atoms with E-state index in [2.05, 4.69) is 20.9 Å². The molecule has 4 aromatic rings. The maximum absolute atomic E-state index is 13.4. The number of carbonyl (C=O) groups excluding carboxylic acids is 3. The lowest BCUT2D eigenvalue weighted by atomic mass is 10.1. The number of thioether (sulfide) groups is 1. The number of hydrogen-bond donors (Lipinski definition) is 3. The van der Waals surface area contributed by atoms with Crippen LogP contribution in [0.5, 0.6) is 5.75 Å². The van der Waals surface area contributed by atoms with Crippen LogP contribution in [0.15, 0.2) is 114 Å². The lowest BCUT2D eigenvalue weighted by molar-refractivity contribution is -0.115. The van der Waals surface area contributed by atoms with Gasteiger partial charge in [-0.3, -0.25) is 14.4 Å². The number of anilines is 2. The number of rotatable bonds is 10. The van der Waals surface area contributed by atoms with E-state index in [-0.39, 0.29) is 11.6 Å². The molecule has 0 aliphatic heterocycles. The van der Waals surface area contributed by atoms with Crippen LogP contribution in [0.25, 0.3) is 6.08 Å². The first kappa shape index (κ1) is 28.1. The Morgan fingerprint density at radius 3 is 2.38 bits per heavy atom. The Labute approximate surface area is 236 Å². The molecule has 3 amide bonds. The van der Waals surface area contributed by atoms with Crippen molar-refractivity contribution in [2.24, 2.45) is 0 Å². The SMILES string of the molecule is COc1ccccc1/C=C(/NC(=O)c1ccccc1)C(=O)Nc1cccc(SC(C)C(=O)Nc2ccccn2)c1. The van der Waals surface area contributed by atoms with E-state index in [4.69, 9.17) is 4.74 Å². The number of methoxy groups -OCH3 is 1. The summed E-state index contributed by atoms with van der Waals surface area (Å²) in [7, 11) is 1.54. The van der Waals surface area contributed by atoms with Gasteiger partial charge in [-0.15, -0.1) is 11.8 Å². The van der Waals surface area contributed by atoms with Crippen molar-refractivity contribution in [1.82, 2.24) is 10.3 Å². The molecule has 3 N–H and O–H groups in total. The first-order chi connectivity index (χ1) is 19.4. The van der Waals surface area contributed by atoms with E-state index in [9.17, 15) is 14.4 Å². The molecule has 202 valence electrons. The second kappa shape index (κ2) is 13.8. The van der Waals surface area contributed by atoms with Crippen LogP contribution in [0.3, 0.4) is 0 Å². The van der Waals surface area contributed by atoms with E-state index >= 15 is 0 Å². The van der Waals surface area contributed by atoms with E-state index in [0.717, 1.165) is 4.90 Å². The van der Waals surface area contributed by atoms with Gasteiger partial charge >= 0.3 is 0 Å². The summed E-state index contributed by atoms with van der Waals surface area (Å²) >= 11 is 1.34. The van der Waals surface area contributed by atoms with Crippen molar-refractivity contribution in [3.63, 3.8) is 0 Å². The van der Waals surface area contributed by atoms with E-state index in [1.807, 2.05) is 24.3 Å². The van der Waals surface area contributed by atoms with E-state index in [0.29, 0.717) is 28.4 Å². The van der Waals surface area contributed by atoms with Gasteiger partial charge in [0.15, 0.2) is 0 Å². The summed E-state index contributed by atoms with van der Waals surface area (Å²) in [5.41, 5.74) is 1.59. The largest absolute Gasteiger partial charge is 0.496 e. The summed E-state index contributed by atoms with van der Waals surface area (Å²) in [6.07, 6.45) is 3.18. The zero-order chi connectivity index (χ0) is 28.3. The molecule has 40 heavy (non-hydrogen) atoms. The topological polar surface area (TPSA) is 109 Å². The third kappa shape index (κ3) is 7.81. The third-order valence-electron chi connectivity index (χ3n) is 5.66. The maximum atomic E-state index is 13.4. The van der Waals surface area contributed by atoms with Gasteiger partial charge in [0.1, 0.15) is 17.3 Å². The van der Waals surface area contributed by atoms with Gasteiger partial charge in [-0.1, -0.05) is 48.5 Å². The summed E-state index contributed by atoms with van der Waals surface area (Å²) < 4.78 is 5.41. The molecule has 0 aliphatic carbocycles. The summed E-state index contributed by atoms with van der Waals surface area (Å²) in [6.45, 7) is 1.79. The number of pyridine rings is 1. The Hall–Kier alpha value is -4.89. The van der Waals surface area contributed by atoms with Crippen molar-refractivity contribution < 1.29 is 19.1 Å². The summed E-state index contributed by atoms with van der Waals surface area (Å²) in [5, 5.41) is 7.95. The van der Waals surface area contributed by atoms with E-state index in [1.54, 1.807) is 92.0 Å². The summed E-state index contributed by atoms with van der Waals surface area (Å²) in [4.78, 5) is 43.9. The molecule has 1 unspecified atom stereocenters. The minimum atomic E-state index is -0.515. The Morgan fingerprint density at radius 1 is 0.875 bits per heavy atom. The van der Waals surface area contributed by atoms with Gasteiger partial charge in [0.25, 0.3) is 11.8 Å². The Balaban J connectivity index is 1.51.